The molecular formula is C15H13NO5. The normalized spacial score (nSPS) is 10.1. The van der Waals surface area contributed by atoms with Crippen LogP contribution in [-0.4, -0.2) is 15.8 Å². The third kappa shape index (κ3) is 3.56. The number of carbonyl (C=O) groups is 1. The zero-order valence-electron chi connectivity index (χ0n) is 11.3. The van der Waals surface area contributed by atoms with E-state index in [1.165, 1.54) is 31.2 Å². The number of phenolic OH excluding ortho intramolecular Hbond substituents is 1. The van der Waals surface area contributed by atoms with Crippen molar-refractivity contribution in [2.75, 3.05) is 0 Å². The molecule has 0 unspecified atom stereocenters. The van der Waals surface area contributed by atoms with E-state index in [2.05, 4.69) is 0 Å². The van der Waals surface area contributed by atoms with Gasteiger partial charge in [-0.15, -0.1) is 0 Å². The van der Waals surface area contributed by atoms with Gasteiger partial charge in [0.15, 0.2) is 5.78 Å². The molecule has 0 atom stereocenters. The van der Waals surface area contributed by atoms with Crippen LogP contribution in [0.5, 0.6) is 11.5 Å². The lowest BCUT2D eigenvalue weighted by atomic mass is 10.1. The summed E-state index contributed by atoms with van der Waals surface area (Å²) in [6.45, 7) is 1.57. The van der Waals surface area contributed by atoms with E-state index in [-0.39, 0.29) is 29.4 Å². The number of hydrogen-bond acceptors (Lipinski definition) is 5. The van der Waals surface area contributed by atoms with Crippen LogP contribution in [0.25, 0.3) is 0 Å². The number of aromatic hydroxyl groups is 1. The molecule has 0 saturated carbocycles. The van der Waals surface area contributed by atoms with Crippen LogP contribution in [0.1, 0.15) is 22.8 Å². The van der Waals surface area contributed by atoms with Gasteiger partial charge in [-0.1, -0.05) is 0 Å². The highest BCUT2D eigenvalue weighted by Crippen LogP contribution is 2.24. The smallest absolute Gasteiger partial charge is 0.269 e. The first kappa shape index (κ1) is 14.5. The van der Waals surface area contributed by atoms with Crippen molar-refractivity contribution in [2.45, 2.75) is 13.5 Å². The van der Waals surface area contributed by atoms with E-state index in [0.717, 1.165) is 5.56 Å². The van der Waals surface area contributed by atoms with E-state index in [4.69, 9.17) is 4.74 Å². The van der Waals surface area contributed by atoms with Gasteiger partial charge in [-0.05, 0) is 36.8 Å². The van der Waals surface area contributed by atoms with Crippen molar-refractivity contribution in [3.63, 3.8) is 0 Å². The highest BCUT2D eigenvalue weighted by atomic mass is 16.6. The maximum absolute atomic E-state index is 11.2. The first-order valence-corrected chi connectivity index (χ1v) is 6.17. The number of Topliss-reactive ketones (excluding diaryl/α,β-unsaturated/α-hetero) is 1. The van der Waals surface area contributed by atoms with Gasteiger partial charge in [0.05, 0.1) is 10.5 Å². The van der Waals surface area contributed by atoms with Crippen molar-refractivity contribution in [3.8, 4) is 11.5 Å². The van der Waals surface area contributed by atoms with Gasteiger partial charge in [0.2, 0.25) is 0 Å². The minimum atomic E-state index is -0.469. The number of hydrogen-bond donors (Lipinski definition) is 1. The number of rotatable bonds is 5. The molecule has 6 nitrogen and oxygen atoms in total. The number of nitrogens with zero attached hydrogens (tertiary/aromatic N) is 1. The summed E-state index contributed by atoms with van der Waals surface area (Å²) in [6, 6.07) is 10.4. The molecule has 1 N–H and O–H groups in total. The molecule has 0 radical (unpaired) electrons. The number of nitro benzene ring substituents is 1. The Bertz CT molecular complexity index is 679. The third-order valence-electron chi connectivity index (χ3n) is 2.90. The Labute approximate surface area is 120 Å². The lowest BCUT2D eigenvalue weighted by Crippen LogP contribution is -1.97. The molecule has 0 spiro atoms. The van der Waals surface area contributed by atoms with E-state index in [0.29, 0.717) is 5.75 Å². The van der Waals surface area contributed by atoms with Crippen LogP contribution >= 0.6 is 0 Å². The number of ketones is 1. The number of benzene rings is 2. The van der Waals surface area contributed by atoms with Crippen molar-refractivity contribution in [2.24, 2.45) is 0 Å². The Morgan fingerprint density at radius 3 is 2.43 bits per heavy atom. The number of ether oxygens (including phenoxy) is 1. The molecule has 0 fully saturated rings. The Morgan fingerprint density at radius 2 is 1.90 bits per heavy atom. The highest BCUT2D eigenvalue weighted by Gasteiger charge is 2.08. The molecule has 0 heterocycles. The van der Waals surface area contributed by atoms with Gasteiger partial charge < -0.3 is 9.84 Å². The summed E-state index contributed by atoms with van der Waals surface area (Å²) in [6.07, 6.45) is 0. The van der Waals surface area contributed by atoms with Crippen LogP contribution in [0.15, 0.2) is 42.5 Å². The molecule has 0 saturated heterocycles. The van der Waals surface area contributed by atoms with Gasteiger partial charge in [0.1, 0.15) is 18.1 Å². The quantitative estimate of drug-likeness (QED) is 0.518. The topological polar surface area (TPSA) is 89.7 Å². The van der Waals surface area contributed by atoms with Gasteiger partial charge in [-0.25, -0.2) is 0 Å². The summed E-state index contributed by atoms with van der Waals surface area (Å²) in [5.74, 6) is 0.0500. The van der Waals surface area contributed by atoms with Gasteiger partial charge >= 0.3 is 0 Å². The first-order chi connectivity index (χ1) is 9.97. The van der Waals surface area contributed by atoms with Crippen molar-refractivity contribution >= 4 is 11.5 Å². The van der Waals surface area contributed by atoms with E-state index in [1.54, 1.807) is 18.2 Å². The first-order valence-electron chi connectivity index (χ1n) is 6.17. The van der Waals surface area contributed by atoms with Crippen LogP contribution in [-0.2, 0) is 6.61 Å². The molecular weight excluding hydrogens is 274 g/mol. The molecule has 0 amide bonds. The van der Waals surface area contributed by atoms with Gasteiger partial charge in [-0.3, -0.25) is 14.9 Å². The molecule has 0 aliphatic carbocycles. The SMILES string of the molecule is CC(=O)c1ccc(OCc2ccc([N+](=O)[O-])cc2)cc1O. The lowest BCUT2D eigenvalue weighted by Gasteiger charge is -2.08. The van der Waals surface area contributed by atoms with E-state index >= 15 is 0 Å². The summed E-state index contributed by atoms with van der Waals surface area (Å²) in [7, 11) is 0. The van der Waals surface area contributed by atoms with Crippen molar-refractivity contribution in [1.82, 2.24) is 0 Å². The van der Waals surface area contributed by atoms with Crippen molar-refractivity contribution in [1.29, 1.82) is 0 Å². The predicted molar refractivity (Wildman–Crippen MR) is 75.5 cm³/mol. The Morgan fingerprint density at radius 1 is 1.24 bits per heavy atom. The molecule has 2 rings (SSSR count). The number of nitro groups is 1. The third-order valence-corrected chi connectivity index (χ3v) is 2.90. The summed E-state index contributed by atoms with van der Waals surface area (Å²) >= 11 is 0. The molecule has 0 bridgehead atoms. The molecule has 0 aromatic heterocycles. The molecule has 0 aliphatic rings. The Hall–Kier alpha value is -2.89. The number of carbonyl (C=O) groups excluding carboxylic acids is 1. The number of non-ortho nitro benzene ring substituents is 1. The summed E-state index contributed by atoms with van der Waals surface area (Å²) < 4.78 is 5.47. The summed E-state index contributed by atoms with van der Waals surface area (Å²) in [5.41, 5.74) is 1.01. The summed E-state index contributed by atoms with van der Waals surface area (Å²) in [5, 5.41) is 20.2. The van der Waals surface area contributed by atoms with Crippen LogP contribution < -0.4 is 4.74 Å². The second kappa shape index (κ2) is 6.04. The zero-order chi connectivity index (χ0) is 15.4. The van der Waals surface area contributed by atoms with Crippen molar-refractivity contribution in [3.05, 3.63) is 63.7 Å². The van der Waals surface area contributed by atoms with Gasteiger partial charge in [0.25, 0.3) is 5.69 Å². The predicted octanol–water partition coefficient (Wildman–Crippen LogP) is 3.08. The fourth-order valence-electron chi connectivity index (χ4n) is 1.78. The standard InChI is InChI=1S/C15H13NO5/c1-10(17)14-7-6-13(8-15(14)18)21-9-11-2-4-12(5-3-11)16(19)20/h2-8,18H,9H2,1H3. The van der Waals surface area contributed by atoms with E-state index < -0.39 is 4.92 Å². The number of phenols is 1. The second-order valence-corrected chi connectivity index (χ2v) is 4.45. The molecule has 21 heavy (non-hydrogen) atoms. The maximum atomic E-state index is 11.2. The monoisotopic (exact) mass is 287 g/mol. The van der Waals surface area contributed by atoms with E-state index in [9.17, 15) is 20.0 Å². The zero-order valence-corrected chi connectivity index (χ0v) is 11.3. The average molecular weight is 287 g/mol. The maximum Gasteiger partial charge on any atom is 0.269 e. The van der Waals surface area contributed by atoms with Gasteiger partial charge in [-0.2, -0.15) is 0 Å². The Kier molecular flexibility index (Phi) is 4.18. The Balaban J connectivity index is 2.04. The van der Waals surface area contributed by atoms with E-state index in [1.807, 2.05) is 0 Å². The second-order valence-electron chi connectivity index (χ2n) is 4.45. The molecule has 2 aromatic carbocycles. The van der Waals surface area contributed by atoms with Crippen LogP contribution in [0.3, 0.4) is 0 Å². The van der Waals surface area contributed by atoms with Crippen molar-refractivity contribution < 1.29 is 19.6 Å². The van der Waals surface area contributed by atoms with Gasteiger partial charge in [0, 0.05) is 18.2 Å². The minimum Gasteiger partial charge on any atom is -0.507 e. The molecule has 6 heteroatoms. The fourth-order valence-corrected chi connectivity index (χ4v) is 1.78. The fraction of sp³-hybridized carbons (Fsp3) is 0.133. The highest BCUT2D eigenvalue weighted by molar-refractivity contribution is 5.96. The summed E-state index contributed by atoms with van der Waals surface area (Å²) in [4.78, 5) is 21.3. The van der Waals surface area contributed by atoms with Crippen LogP contribution in [0.4, 0.5) is 5.69 Å². The molecule has 108 valence electrons. The van der Waals surface area contributed by atoms with Crippen LogP contribution in [0, 0.1) is 10.1 Å². The molecule has 2 aromatic rings. The lowest BCUT2D eigenvalue weighted by molar-refractivity contribution is -0.384. The molecule has 0 aliphatic heterocycles. The average Bonchev–Trinajstić information content (AvgIpc) is 2.45. The minimum absolute atomic E-state index is 0.0159. The van der Waals surface area contributed by atoms with Crippen LogP contribution in [0.2, 0.25) is 0 Å². The largest absolute Gasteiger partial charge is 0.507 e.